The van der Waals surface area contributed by atoms with E-state index < -0.39 is 15.9 Å². The highest BCUT2D eigenvalue weighted by molar-refractivity contribution is 7.89. The molecule has 10 heteroatoms. The number of hydrogen-bond acceptors (Lipinski definition) is 6. The number of anilines is 1. The highest BCUT2D eigenvalue weighted by Gasteiger charge is 2.30. The summed E-state index contributed by atoms with van der Waals surface area (Å²) in [6, 6.07) is 11.7. The van der Waals surface area contributed by atoms with Gasteiger partial charge in [-0.1, -0.05) is 23.7 Å². The summed E-state index contributed by atoms with van der Waals surface area (Å²) in [4.78, 5) is 18.4. The molecule has 3 aromatic rings. The maximum Gasteiger partial charge on any atom is 0.257 e. The van der Waals surface area contributed by atoms with E-state index >= 15 is 0 Å². The second-order valence-electron chi connectivity index (χ2n) is 7.36. The van der Waals surface area contributed by atoms with E-state index in [-0.39, 0.29) is 16.2 Å². The largest absolute Gasteiger partial charge is 0.495 e. The molecule has 1 amide bonds. The summed E-state index contributed by atoms with van der Waals surface area (Å²) in [6.45, 7) is 2.85. The number of rotatable bonds is 6. The molecule has 1 aliphatic heterocycles. The number of hydrogen-bond donors (Lipinski definition) is 1. The van der Waals surface area contributed by atoms with E-state index in [9.17, 15) is 13.2 Å². The molecule has 2 heterocycles. The van der Waals surface area contributed by atoms with Gasteiger partial charge in [-0.05, 0) is 50.1 Å². The summed E-state index contributed by atoms with van der Waals surface area (Å²) >= 11 is 7.31. The van der Waals surface area contributed by atoms with E-state index in [0.29, 0.717) is 23.2 Å². The summed E-state index contributed by atoms with van der Waals surface area (Å²) in [5, 5.41) is 3.84. The molecule has 0 atom stereocenters. The molecule has 0 bridgehead atoms. The second-order valence-corrected chi connectivity index (χ2v) is 10.9. The topological polar surface area (TPSA) is 88.6 Å². The minimum Gasteiger partial charge on any atom is -0.495 e. The van der Waals surface area contributed by atoms with Gasteiger partial charge in [-0.25, -0.2) is 13.4 Å². The average molecular weight is 492 g/mol. The summed E-state index contributed by atoms with van der Waals surface area (Å²) in [5.74, 6) is -0.231. The third-order valence-corrected chi connectivity index (χ3v) is 8.30. The van der Waals surface area contributed by atoms with E-state index in [1.54, 1.807) is 12.1 Å². The van der Waals surface area contributed by atoms with E-state index in [0.717, 1.165) is 29.0 Å². The monoisotopic (exact) mass is 491 g/mol. The molecule has 1 aromatic heterocycles. The first-order valence-electron chi connectivity index (χ1n) is 10.0. The van der Waals surface area contributed by atoms with Gasteiger partial charge in [-0.2, -0.15) is 4.31 Å². The second kappa shape index (κ2) is 9.19. The Morgan fingerprint density at radius 1 is 1.16 bits per heavy atom. The van der Waals surface area contributed by atoms with Crippen molar-refractivity contribution in [3.05, 3.63) is 57.9 Å². The highest BCUT2D eigenvalue weighted by Crippen LogP contribution is 2.33. The minimum atomic E-state index is -3.75. The third kappa shape index (κ3) is 4.52. The number of amides is 1. The number of ether oxygens (including phenoxy) is 1. The molecular weight excluding hydrogens is 470 g/mol. The lowest BCUT2D eigenvalue weighted by Crippen LogP contribution is -2.28. The summed E-state index contributed by atoms with van der Waals surface area (Å²) in [6.07, 6.45) is 1.64. The fourth-order valence-electron chi connectivity index (χ4n) is 3.58. The minimum absolute atomic E-state index is 0.00766. The first kappa shape index (κ1) is 22.7. The fraction of sp³-hybridized carbons (Fsp3) is 0.273. The van der Waals surface area contributed by atoms with E-state index in [2.05, 4.69) is 10.3 Å². The van der Waals surface area contributed by atoms with Gasteiger partial charge in [0.05, 0.1) is 12.8 Å². The zero-order valence-electron chi connectivity index (χ0n) is 17.6. The Bertz CT molecular complexity index is 1250. The SMILES string of the molecule is COc1ccc(C(=O)Nc2nc(-c3ccc(Cl)cc3)c(C)s2)cc1S(=O)(=O)N1CCCC1. The van der Waals surface area contributed by atoms with Crippen molar-refractivity contribution in [2.75, 3.05) is 25.5 Å². The normalized spacial score (nSPS) is 14.5. The number of benzene rings is 2. The van der Waals surface area contributed by atoms with Crippen LogP contribution in [0.5, 0.6) is 5.75 Å². The number of thiazole rings is 1. The Labute approximate surface area is 196 Å². The summed E-state index contributed by atoms with van der Waals surface area (Å²) in [7, 11) is -2.34. The molecule has 1 saturated heterocycles. The van der Waals surface area contributed by atoms with Crippen molar-refractivity contribution in [3.8, 4) is 17.0 Å². The van der Waals surface area contributed by atoms with Crippen LogP contribution in [0.25, 0.3) is 11.3 Å². The number of sulfonamides is 1. The van der Waals surface area contributed by atoms with Crippen LogP contribution in [-0.4, -0.2) is 43.8 Å². The van der Waals surface area contributed by atoms with Crippen LogP contribution in [0, 0.1) is 6.92 Å². The maximum absolute atomic E-state index is 13.1. The molecule has 168 valence electrons. The van der Waals surface area contributed by atoms with Crippen LogP contribution in [0.3, 0.4) is 0 Å². The Morgan fingerprint density at radius 2 is 1.84 bits per heavy atom. The number of methoxy groups -OCH3 is 1. The molecule has 1 fully saturated rings. The van der Waals surface area contributed by atoms with Gasteiger partial charge in [0.2, 0.25) is 10.0 Å². The summed E-state index contributed by atoms with van der Waals surface area (Å²) < 4.78 is 32.8. The van der Waals surface area contributed by atoms with Crippen molar-refractivity contribution >= 4 is 44.0 Å². The smallest absolute Gasteiger partial charge is 0.257 e. The highest BCUT2D eigenvalue weighted by atomic mass is 35.5. The summed E-state index contributed by atoms with van der Waals surface area (Å²) in [5.41, 5.74) is 1.87. The number of nitrogens with one attached hydrogen (secondary N) is 1. The van der Waals surface area contributed by atoms with Crippen LogP contribution in [-0.2, 0) is 10.0 Å². The lowest BCUT2D eigenvalue weighted by atomic mass is 10.1. The lowest BCUT2D eigenvalue weighted by molar-refractivity contribution is 0.102. The fourth-order valence-corrected chi connectivity index (χ4v) is 6.24. The zero-order valence-corrected chi connectivity index (χ0v) is 20.0. The van der Waals surface area contributed by atoms with Gasteiger partial charge < -0.3 is 4.74 Å². The number of aromatic nitrogens is 1. The Morgan fingerprint density at radius 3 is 2.50 bits per heavy atom. The quantitative estimate of drug-likeness (QED) is 0.534. The van der Waals surface area contributed by atoms with Crippen LogP contribution in [0.15, 0.2) is 47.4 Å². The van der Waals surface area contributed by atoms with Crippen LogP contribution in [0.4, 0.5) is 5.13 Å². The number of halogens is 1. The van der Waals surface area contributed by atoms with Crippen molar-refractivity contribution in [3.63, 3.8) is 0 Å². The van der Waals surface area contributed by atoms with Crippen LogP contribution in [0.2, 0.25) is 5.02 Å². The molecule has 0 radical (unpaired) electrons. The molecule has 32 heavy (non-hydrogen) atoms. The van der Waals surface area contributed by atoms with Crippen LogP contribution < -0.4 is 10.1 Å². The van der Waals surface area contributed by atoms with Crippen molar-refractivity contribution < 1.29 is 17.9 Å². The van der Waals surface area contributed by atoms with Crippen molar-refractivity contribution in [1.29, 1.82) is 0 Å². The van der Waals surface area contributed by atoms with Gasteiger partial charge in [-0.3, -0.25) is 10.1 Å². The lowest BCUT2D eigenvalue weighted by Gasteiger charge is -2.18. The Balaban J connectivity index is 1.60. The molecule has 2 aromatic carbocycles. The van der Waals surface area contributed by atoms with E-state index in [4.69, 9.17) is 16.3 Å². The van der Waals surface area contributed by atoms with Crippen LogP contribution >= 0.6 is 22.9 Å². The molecule has 0 unspecified atom stereocenters. The molecule has 1 N–H and O–H groups in total. The average Bonchev–Trinajstić information content (AvgIpc) is 3.44. The Kier molecular flexibility index (Phi) is 6.52. The predicted octanol–water partition coefficient (Wildman–Crippen LogP) is 4.82. The number of carbonyl (C=O) groups excluding carboxylic acids is 1. The van der Waals surface area contributed by atoms with Crippen LogP contribution in [0.1, 0.15) is 28.1 Å². The van der Waals surface area contributed by atoms with Gasteiger partial charge in [0.25, 0.3) is 5.91 Å². The standard InChI is InChI=1S/C22H22ClN3O4S2/c1-14-20(15-5-8-17(23)9-6-15)24-22(31-14)25-21(27)16-7-10-18(30-2)19(13-16)32(28,29)26-11-3-4-12-26/h5-10,13H,3-4,11-12H2,1-2H3,(H,24,25,27). The van der Waals surface area contributed by atoms with Gasteiger partial charge in [0, 0.05) is 34.1 Å². The molecule has 0 saturated carbocycles. The number of nitrogens with zero attached hydrogens (tertiary/aromatic N) is 2. The van der Waals surface area contributed by atoms with Gasteiger partial charge in [0.1, 0.15) is 10.6 Å². The molecule has 4 rings (SSSR count). The third-order valence-electron chi connectivity index (χ3n) is 5.24. The number of aryl methyl sites for hydroxylation is 1. The van der Waals surface area contributed by atoms with Crippen molar-refractivity contribution in [1.82, 2.24) is 9.29 Å². The predicted molar refractivity (Wildman–Crippen MR) is 126 cm³/mol. The van der Waals surface area contributed by atoms with E-state index in [1.807, 2.05) is 19.1 Å². The number of carbonyl (C=O) groups is 1. The molecular formula is C22H22ClN3O4S2. The first-order valence-corrected chi connectivity index (χ1v) is 12.7. The van der Waals surface area contributed by atoms with Crippen molar-refractivity contribution in [2.24, 2.45) is 0 Å². The van der Waals surface area contributed by atoms with Gasteiger partial charge in [0.15, 0.2) is 5.13 Å². The molecule has 7 nitrogen and oxygen atoms in total. The molecule has 0 spiro atoms. The maximum atomic E-state index is 13.1. The van der Waals surface area contributed by atoms with Gasteiger partial charge in [-0.15, -0.1) is 11.3 Å². The molecule has 0 aliphatic carbocycles. The molecule has 1 aliphatic rings. The first-order chi connectivity index (χ1) is 15.3. The van der Waals surface area contributed by atoms with Crippen molar-refractivity contribution in [2.45, 2.75) is 24.7 Å². The van der Waals surface area contributed by atoms with Gasteiger partial charge >= 0.3 is 0 Å². The zero-order chi connectivity index (χ0) is 22.9. The van der Waals surface area contributed by atoms with E-state index in [1.165, 1.54) is 41.0 Å². The Hall–Kier alpha value is -2.46.